The zero-order chi connectivity index (χ0) is 51.5. The summed E-state index contributed by atoms with van der Waals surface area (Å²) < 4.78 is 126. The molecule has 9 rings (SSSR count). The number of hydrogen-bond acceptors (Lipinski definition) is 14. The molecule has 24 heteroatoms. The number of aliphatic imine (C=N–C) groups is 1. The number of halogens is 2. The summed E-state index contributed by atoms with van der Waals surface area (Å²) in [6.45, 7) is 5.77. The van der Waals surface area contributed by atoms with Gasteiger partial charge in [-0.25, -0.2) is 34.7 Å². The molecule has 2 aromatic heterocycles. The molecule has 0 unspecified atom stereocenters. The first-order valence-corrected chi connectivity index (χ1v) is 28.3. The lowest BCUT2D eigenvalue weighted by molar-refractivity contribution is 0.430. The zero-order valence-electron chi connectivity index (χ0n) is 38.1. The minimum absolute atomic E-state index is 0.0655. The summed E-state index contributed by atoms with van der Waals surface area (Å²) in [6, 6.07) is 37.0. The predicted octanol–water partition coefficient (Wildman–Crippen LogP) is 9.66. The van der Waals surface area contributed by atoms with Gasteiger partial charge in [-0.15, -0.1) is 0 Å². The molecule has 0 bridgehead atoms. The highest BCUT2D eigenvalue weighted by Crippen LogP contribution is 2.33. The van der Waals surface area contributed by atoms with Gasteiger partial charge >= 0.3 is 0 Å². The molecule has 0 spiro atoms. The number of benzene rings is 6. The lowest BCUT2D eigenvalue weighted by Gasteiger charge is -2.16. The van der Waals surface area contributed by atoms with E-state index in [2.05, 4.69) is 61.3 Å². The smallest absolute Gasteiger partial charge is 0.295 e. The quantitative estimate of drug-likeness (QED) is 0.0879. The van der Waals surface area contributed by atoms with Crippen molar-refractivity contribution in [2.24, 2.45) is 4.99 Å². The van der Waals surface area contributed by atoms with Crippen molar-refractivity contribution in [2.75, 3.05) is 35.0 Å². The minimum Gasteiger partial charge on any atom is -0.377 e. The number of rotatable bonds is 11. The third-order valence-corrected chi connectivity index (χ3v) is 17.5. The molecular weight excluding hydrogens is 1130 g/mol. The van der Waals surface area contributed by atoms with Gasteiger partial charge in [0, 0.05) is 42.0 Å². The highest BCUT2D eigenvalue weighted by atomic mass is 79.9. The molecule has 0 saturated carbocycles. The van der Waals surface area contributed by atoms with Gasteiger partial charge in [-0.1, -0.05) is 95.2 Å². The van der Waals surface area contributed by atoms with Gasteiger partial charge in [-0.3, -0.25) is 14.3 Å². The number of hydrogen-bond donors (Lipinski definition) is 4. The largest absolute Gasteiger partial charge is 0.377 e. The molecule has 6 aromatic carbocycles. The molecule has 0 radical (unpaired) electrons. The fourth-order valence-electron chi connectivity index (χ4n) is 6.97. The maximum Gasteiger partial charge on any atom is 0.295 e. The number of aryl methyl sites for hydroxylation is 2. The maximum absolute atomic E-state index is 12.7. The first-order valence-electron chi connectivity index (χ1n) is 20.8. The van der Waals surface area contributed by atoms with Gasteiger partial charge in [0.25, 0.3) is 46.1 Å². The average Bonchev–Trinajstić information content (AvgIpc) is 4.00. The van der Waals surface area contributed by atoms with Crippen LogP contribution in [0, 0.1) is 13.8 Å². The molecule has 71 heavy (non-hydrogen) atoms. The highest BCUT2D eigenvalue weighted by Gasteiger charge is 2.24. The Labute approximate surface area is 427 Å². The van der Waals surface area contributed by atoms with Crippen LogP contribution < -0.4 is 19.1 Å². The number of sulfonamides is 3. The SMILES string of the molecule is CC1=C(Br)C(NS(=O)(=O)c2ccc(-c3ccccc3)cc2)=NC1.Cc1cc(NS(=O)(=O)c2cccc3c(N(C)C)cccc23)on1.Cc1noc(NS(=O)(=O)c2ccc3c(S(=O)(=O)O)cccc3c2)c1Br. The fraction of sp³-hybridized carbons (Fsp3) is 0.128. The lowest BCUT2D eigenvalue weighted by Crippen LogP contribution is -2.30. The molecule has 0 fully saturated rings. The molecule has 0 saturated heterocycles. The Morgan fingerprint density at radius 2 is 1.21 bits per heavy atom. The second-order valence-corrected chi connectivity index (χ2v) is 23.8. The molecule has 0 aliphatic carbocycles. The van der Waals surface area contributed by atoms with Crippen LogP contribution in [0.1, 0.15) is 18.3 Å². The molecule has 370 valence electrons. The Bertz CT molecular complexity index is 3830. The van der Waals surface area contributed by atoms with E-state index in [4.69, 9.17) is 9.05 Å². The summed E-state index contributed by atoms with van der Waals surface area (Å²) in [4.78, 5) is 6.14. The van der Waals surface area contributed by atoms with Crippen molar-refractivity contribution >= 4 is 117 Å². The van der Waals surface area contributed by atoms with E-state index in [1.807, 2.05) is 74.4 Å². The van der Waals surface area contributed by atoms with Crippen LogP contribution in [0.2, 0.25) is 0 Å². The monoisotopic (exact) mass is 1170 g/mol. The third kappa shape index (κ3) is 12.2. The first-order chi connectivity index (χ1) is 33.4. The topological polar surface area (TPSA) is 261 Å². The van der Waals surface area contributed by atoms with Crippen molar-refractivity contribution in [3.63, 3.8) is 0 Å². The first kappa shape index (κ1) is 52.4. The van der Waals surface area contributed by atoms with Crippen molar-refractivity contribution in [3.05, 3.63) is 159 Å². The molecule has 18 nitrogen and oxygen atoms in total. The van der Waals surface area contributed by atoms with Crippen LogP contribution in [0.15, 0.2) is 182 Å². The van der Waals surface area contributed by atoms with E-state index in [0.29, 0.717) is 43.5 Å². The second-order valence-electron chi connectivity index (χ2n) is 15.8. The summed E-state index contributed by atoms with van der Waals surface area (Å²) in [5.74, 6) is 0.391. The molecule has 4 N–H and O–H groups in total. The average molecular weight is 1170 g/mol. The molecular formula is C47H43Br2N7O11S4. The van der Waals surface area contributed by atoms with Crippen LogP contribution in [0.25, 0.3) is 32.7 Å². The van der Waals surface area contributed by atoms with Crippen LogP contribution in [-0.4, -0.2) is 75.0 Å². The number of amidine groups is 1. The van der Waals surface area contributed by atoms with Crippen molar-refractivity contribution in [3.8, 4) is 11.1 Å². The van der Waals surface area contributed by atoms with E-state index in [0.717, 1.165) is 27.8 Å². The summed E-state index contributed by atoms with van der Waals surface area (Å²) in [7, 11) is -12.0. The Balaban J connectivity index is 0.000000157. The fourth-order valence-corrected chi connectivity index (χ4v) is 11.8. The summed E-state index contributed by atoms with van der Waals surface area (Å²) in [5.41, 5.74) is 5.06. The molecule has 0 atom stereocenters. The number of anilines is 3. The Morgan fingerprint density at radius 3 is 1.82 bits per heavy atom. The molecule has 1 aliphatic rings. The van der Waals surface area contributed by atoms with Gasteiger partial charge in [0.15, 0.2) is 0 Å². The highest BCUT2D eigenvalue weighted by molar-refractivity contribution is 9.12. The van der Waals surface area contributed by atoms with Gasteiger partial charge in [-0.2, -0.15) is 8.42 Å². The predicted molar refractivity (Wildman–Crippen MR) is 280 cm³/mol. The number of aromatic nitrogens is 2. The zero-order valence-corrected chi connectivity index (χ0v) is 44.6. The van der Waals surface area contributed by atoms with Crippen molar-refractivity contribution < 1.29 is 47.3 Å². The van der Waals surface area contributed by atoms with Crippen molar-refractivity contribution in [1.82, 2.24) is 15.0 Å². The van der Waals surface area contributed by atoms with Gasteiger partial charge in [0.2, 0.25) is 5.88 Å². The van der Waals surface area contributed by atoms with Crippen LogP contribution >= 0.6 is 31.9 Å². The Kier molecular flexibility index (Phi) is 15.6. The second kappa shape index (κ2) is 21.1. The van der Waals surface area contributed by atoms with Crippen molar-refractivity contribution in [1.29, 1.82) is 0 Å². The van der Waals surface area contributed by atoms with Crippen LogP contribution in [0.5, 0.6) is 0 Å². The normalized spacial score (nSPS) is 12.9. The number of nitrogens with one attached hydrogen (secondary N) is 3. The number of fused-ring (bicyclic) bond motifs is 2. The lowest BCUT2D eigenvalue weighted by atomic mass is 10.1. The van der Waals surface area contributed by atoms with E-state index < -0.39 is 40.2 Å². The van der Waals surface area contributed by atoms with Gasteiger partial charge in [-0.05, 0) is 117 Å². The van der Waals surface area contributed by atoms with E-state index >= 15 is 0 Å². The van der Waals surface area contributed by atoms with E-state index in [-0.39, 0.29) is 36.7 Å². The van der Waals surface area contributed by atoms with Gasteiger partial charge < -0.3 is 13.9 Å². The number of nitrogens with zero attached hydrogens (tertiary/aromatic N) is 4. The van der Waals surface area contributed by atoms with Crippen LogP contribution in [-0.2, 0) is 40.2 Å². The molecule has 8 aromatic rings. The third-order valence-electron chi connectivity index (χ3n) is 10.5. The maximum atomic E-state index is 12.7. The molecule has 3 heterocycles. The standard InChI is InChI=1S/C17H15BrN2O2S.C16H17N3O3S.C14H11BrN2O6S2/c1-12-11-19-17(16(12)18)20-23(21,22)15-9-7-14(8-10-15)13-5-3-2-4-6-13;1-11-10-16(22-17-11)18-23(20,21)15-9-5-6-12-13(15)7-4-8-14(12)19(2)3;1-8-13(15)14(23-16-8)17-24(18,19)10-5-6-11-9(7-10)3-2-4-12(11)25(20,21)22/h2-10H,11H2,1H3,(H,19,20);4-10,18H,1-3H3;2-7,17H,1H3,(H,20,21,22). The summed E-state index contributed by atoms with van der Waals surface area (Å²) in [5, 5.41) is 9.40. The Morgan fingerprint density at radius 1 is 0.592 bits per heavy atom. The van der Waals surface area contributed by atoms with E-state index in [9.17, 15) is 38.2 Å². The van der Waals surface area contributed by atoms with Gasteiger partial charge in [0.1, 0.15) is 15.2 Å². The summed E-state index contributed by atoms with van der Waals surface area (Å²) >= 11 is 6.53. The molecule has 1 aliphatic heterocycles. The van der Waals surface area contributed by atoms with E-state index in [1.165, 1.54) is 42.5 Å². The molecule has 0 amide bonds. The van der Waals surface area contributed by atoms with Gasteiger partial charge in [0.05, 0.1) is 37.1 Å². The van der Waals surface area contributed by atoms with E-state index in [1.54, 1.807) is 56.3 Å². The van der Waals surface area contributed by atoms with Crippen LogP contribution in [0.3, 0.4) is 0 Å². The summed E-state index contributed by atoms with van der Waals surface area (Å²) in [6.07, 6.45) is 0. The minimum atomic E-state index is -4.42. The van der Waals surface area contributed by atoms with Crippen LogP contribution in [0.4, 0.5) is 17.5 Å². The Hall–Kier alpha value is -6.41. The van der Waals surface area contributed by atoms with Crippen molar-refractivity contribution in [2.45, 2.75) is 40.4 Å².